The standard InChI is InChI=1S/C56H64N2O4/c1-33(2)15-12-17-35(5)19-14-27-55(9)29-25-41-51-43(32-38(8)54(41)61-55)47-44(57-51)21-22-45(59)48(47)49-46(60-11)23-20-39-42-31-37(7)53-40(50(42)58-52(39)49)26-30-56(10,62-53)28-24-36(6)18-13-16-34(3)4/h15-16,19-26,29-32,57-59H,12-14,17-18,27-28H2,1-11H3/b35-19+,36-24+. The van der Waals surface area contributed by atoms with Crippen molar-refractivity contribution in [2.75, 3.05) is 7.11 Å². The molecule has 3 N–H and O–H groups in total. The van der Waals surface area contributed by atoms with E-state index in [4.69, 9.17) is 14.2 Å². The molecule has 62 heavy (non-hydrogen) atoms. The van der Waals surface area contributed by atoms with Crippen molar-refractivity contribution < 1.29 is 19.3 Å². The number of aryl methyl sites for hydroxylation is 2. The van der Waals surface area contributed by atoms with Gasteiger partial charge in [0.25, 0.3) is 0 Å². The molecule has 8 rings (SSSR count). The first-order valence-corrected chi connectivity index (χ1v) is 22.4. The minimum atomic E-state index is -0.460. The lowest BCUT2D eigenvalue weighted by Gasteiger charge is -2.32. The Morgan fingerprint density at radius 2 is 1.26 bits per heavy atom. The Kier molecular flexibility index (Phi) is 11.6. The van der Waals surface area contributed by atoms with Crippen molar-refractivity contribution in [3.05, 3.63) is 117 Å². The Bertz CT molecular complexity index is 2930. The maximum Gasteiger partial charge on any atom is 0.132 e. The number of benzene rings is 4. The first kappa shape index (κ1) is 42.8. The smallest absolute Gasteiger partial charge is 0.132 e. The number of hydrogen-bond donors (Lipinski definition) is 3. The van der Waals surface area contributed by atoms with Crippen LogP contribution in [-0.4, -0.2) is 33.4 Å². The van der Waals surface area contributed by atoms with Gasteiger partial charge in [0, 0.05) is 50.2 Å². The van der Waals surface area contributed by atoms with Gasteiger partial charge in [0.05, 0.1) is 29.2 Å². The van der Waals surface area contributed by atoms with Gasteiger partial charge in [-0.25, -0.2) is 0 Å². The molecule has 6 nitrogen and oxygen atoms in total. The van der Waals surface area contributed by atoms with Crippen molar-refractivity contribution in [2.45, 2.75) is 125 Å². The molecule has 2 aliphatic rings. The highest BCUT2D eigenvalue weighted by molar-refractivity contribution is 6.23. The average molecular weight is 829 g/mol. The first-order valence-electron chi connectivity index (χ1n) is 22.4. The Labute approximate surface area is 367 Å². The second-order valence-electron chi connectivity index (χ2n) is 18.9. The van der Waals surface area contributed by atoms with E-state index >= 15 is 0 Å². The summed E-state index contributed by atoms with van der Waals surface area (Å²) < 4.78 is 19.9. The van der Waals surface area contributed by atoms with Gasteiger partial charge in [-0.2, -0.15) is 0 Å². The van der Waals surface area contributed by atoms with Crippen LogP contribution in [0.25, 0.3) is 66.9 Å². The van der Waals surface area contributed by atoms with Crippen LogP contribution in [0.5, 0.6) is 23.0 Å². The number of allylic oxidation sites excluding steroid dienone is 7. The predicted octanol–water partition coefficient (Wildman–Crippen LogP) is 15.8. The molecule has 2 aromatic heterocycles. The number of rotatable bonds is 13. The monoisotopic (exact) mass is 828 g/mol. The zero-order valence-electron chi connectivity index (χ0n) is 38.7. The van der Waals surface area contributed by atoms with Crippen LogP contribution < -0.4 is 14.2 Å². The molecule has 322 valence electrons. The number of aromatic nitrogens is 2. The summed E-state index contributed by atoms with van der Waals surface area (Å²) in [4.78, 5) is 7.58. The molecule has 4 aromatic carbocycles. The van der Waals surface area contributed by atoms with E-state index in [1.165, 1.54) is 22.3 Å². The number of nitrogens with one attached hydrogen (secondary N) is 2. The number of ether oxygens (including phenoxy) is 3. The van der Waals surface area contributed by atoms with E-state index in [2.05, 4.69) is 146 Å². The number of methoxy groups -OCH3 is 1. The zero-order valence-corrected chi connectivity index (χ0v) is 38.7. The van der Waals surface area contributed by atoms with Gasteiger partial charge >= 0.3 is 0 Å². The molecule has 0 radical (unpaired) electrons. The van der Waals surface area contributed by atoms with Gasteiger partial charge in [0.15, 0.2) is 0 Å². The first-order chi connectivity index (χ1) is 29.6. The number of phenolic OH excluding ortho intramolecular Hbond substituents is 1. The SMILES string of the molecule is COc1ccc2c([nH]c3c4c(c(C)cc32)OC(C)(C/C=C(\C)CCC=C(C)C)C=C4)c1-c1c(O)ccc2[nH]c3c4c(c(C)cc3c12)OC(C)(CC/C=C(\C)CCC=C(C)C)C=C4. The van der Waals surface area contributed by atoms with E-state index in [-0.39, 0.29) is 5.75 Å². The molecule has 6 aromatic rings. The lowest BCUT2D eigenvalue weighted by atomic mass is 9.91. The van der Waals surface area contributed by atoms with Gasteiger partial charge in [-0.3, -0.25) is 0 Å². The summed E-state index contributed by atoms with van der Waals surface area (Å²) in [6.45, 7) is 21.7. The summed E-state index contributed by atoms with van der Waals surface area (Å²) in [6.07, 6.45) is 25.1. The molecule has 2 atom stereocenters. The topological polar surface area (TPSA) is 79.5 Å². The van der Waals surface area contributed by atoms with E-state index in [0.29, 0.717) is 5.75 Å². The van der Waals surface area contributed by atoms with Crippen molar-refractivity contribution in [2.24, 2.45) is 0 Å². The molecular weight excluding hydrogens is 765 g/mol. The van der Waals surface area contributed by atoms with Gasteiger partial charge in [0.1, 0.15) is 34.2 Å². The molecule has 0 bridgehead atoms. The number of aromatic amines is 2. The van der Waals surface area contributed by atoms with Crippen LogP contribution in [0.1, 0.15) is 123 Å². The maximum atomic E-state index is 12.0. The molecule has 0 aliphatic carbocycles. The Morgan fingerprint density at radius 1 is 0.661 bits per heavy atom. The summed E-state index contributed by atoms with van der Waals surface area (Å²) in [5.74, 6) is 2.65. The minimum Gasteiger partial charge on any atom is -0.507 e. The molecule has 2 unspecified atom stereocenters. The molecule has 0 saturated heterocycles. The minimum absolute atomic E-state index is 0.184. The van der Waals surface area contributed by atoms with Crippen LogP contribution >= 0.6 is 0 Å². The summed E-state index contributed by atoms with van der Waals surface area (Å²) in [7, 11) is 1.70. The second-order valence-corrected chi connectivity index (χ2v) is 18.9. The van der Waals surface area contributed by atoms with Gasteiger partial charge in [0.2, 0.25) is 0 Å². The lowest BCUT2D eigenvalue weighted by molar-refractivity contribution is 0.128. The average Bonchev–Trinajstić information content (AvgIpc) is 3.78. The van der Waals surface area contributed by atoms with E-state index in [1.54, 1.807) is 13.2 Å². The van der Waals surface area contributed by atoms with Gasteiger partial charge < -0.3 is 29.3 Å². The van der Waals surface area contributed by atoms with Crippen molar-refractivity contribution in [3.8, 4) is 34.1 Å². The van der Waals surface area contributed by atoms with Gasteiger partial charge in [-0.15, -0.1) is 0 Å². The quantitative estimate of drug-likeness (QED) is 0.101. The number of phenols is 1. The highest BCUT2D eigenvalue weighted by Gasteiger charge is 2.32. The molecule has 0 fully saturated rings. The van der Waals surface area contributed by atoms with Gasteiger partial charge in [-0.1, -0.05) is 46.6 Å². The second kappa shape index (κ2) is 16.8. The molecule has 2 aliphatic heterocycles. The zero-order chi connectivity index (χ0) is 44.1. The number of H-pyrrole nitrogens is 2. The third-order valence-electron chi connectivity index (χ3n) is 12.9. The van der Waals surface area contributed by atoms with Gasteiger partial charge in [-0.05, 0) is 180 Å². The van der Waals surface area contributed by atoms with Crippen LogP contribution in [0.3, 0.4) is 0 Å². The third-order valence-corrected chi connectivity index (χ3v) is 12.9. The van der Waals surface area contributed by atoms with Crippen LogP contribution in [0.4, 0.5) is 0 Å². The Morgan fingerprint density at radius 3 is 1.90 bits per heavy atom. The fraction of sp³-hybridized carbons (Fsp3) is 0.357. The molecule has 6 heteroatoms. The largest absolute Gasteiger partial charge is 0.507 e. The Hall–Kier alpha value is -5.88. The number of fused-ring (bicyclic) bond motifs is 10. The van der Waals surface area contributed by atoms with Crippen molar-refractivity contribution in [1.29, 1.82) is 0 Å². The van der Waals surface area contributed by atoms with Crippen LogP contribution in [0.2, 0.25) is 0 Å². The lowest BCUT2D eigenvalue weighted by Crippen LogP contribution is -2.32. The van der Waals surface area contributed by atoms with E-state index in [9.17, 15) is 5.11 Å². The van der Waals surface area contributed by atoms with E-state index in [0.717, 1.165) is 133 Å². The van der Waals surface area contributed by atoms with Crippen molar-refractivity contribution >= 4 is 55.8 Å². The molecule has 0 spiro atoms. The summed E-state index contributed by atoms with van der Waals surface area (Å²) in [5, 5.41) is 16.1. The van der Waals surface area contributed by atoms with E-state index < -0.39 is 11.2 Å². The molecule has 0 saturated carbocycles. The molecular formula is C56H64N2O4. The van der Waals surface area contributed by atoms with Crippen LogP contribution in [-0.2, 0) is 0 Å². The fourth-order valence-electron chi connectivity index (χ4n) is 9.42. The van der Waals surface area contributed by atoms with E-state index in [1.807, 2.05) is 12.1 Å². The summed E-state index contributed by atoms with van der Waals surface area (Å²) in [6, 6.07) is 12.3. The summed E-state index contributed by atoms with van der Waals surface area (Å²) in [5.41, 5.74) is 14.2. The fourth-order valence-corrected chi connectivity index (χ4v) is 9.42. The van der Waals surface area contributed by atoms with Crippen molar-refractivity contribution in [3.63, 3.8) is 0 Å². The summed E-state index contributed by atoms with van der Waals surface area (Å²) >= 11 is 0. The normalized spacial score (nSPS) is 18.6. The maximum absolute atomic E-state index is 12.0. The highest BCUT2D eigenvalue weighted by atomic mass is 16.5. The predicted molar refractivity (Wildman–Crippen MR) is 263 cm³/mol. The highest BCUT2D eigenvalue weighted by Crippen LogP contribution is 2.51. The molecule has 0 amide bonds. The Balaban J connectivity index is 1.18. The molecule has 4 heterocycles. The van der Waals surface area contributed by atoms with Crippen molar-refractivity contribution in [1.82, 2.24) is 9.97 Å². The van der Waals surface area contributed by atoms with Crippen LogP contribution in [0.15, 0.2) is 95.1 Å². The number of hydrogen-bond acceptors (Lipinski definition) is 4. The third kappa shape index (κ3) is 8.12. The number of aromatic hydroxyl groups is 1. The van der Waals surface area contributed by atoms with Crippen LogP contribution in [0, 0.1) is 13.8 Å².